The second-order valence-electron chi connectivity index (χ2n) is 2.82. The van der Waals surface area contributed by atoms with Crippen molar-refractivity contribution in [1.29, 1.82) is 0 Å². The number of carbonyl (C=O) groups excluding carboxylic acids is 1. The van der Waals surface area contributed by atoms with Crippen LogP contribution in [-0.4, -0.2) is 12.4 Å². The zero-order chi connectivity index (χ0) is 10.4. The molecule has 0 aliphatic rings. The predicted molar refractivity (Wildman–Crippen MR) is 56.8 cm³/mol. The minimum Gasteiger partial charge on any atom is -0.494 e. The summed E-state index contributed by atoms with van der Waals surface area (Å²) in [6.45, 7) is 4.40. The van der Waals surface area contributed by atoms with E-state index in [1.54, 1.807) is 36.4 Å². The summed E-state index contributed by atoms with van der Waals surface area (Å²) >= 11 is 0. The largest absolute Gasteiger partial charge is 0.494 e. The van der Waals surface area contributed by atoms with Crippen LogP contribution in [0.5, 0.6) is 5.75 Å². The minimum atomic E-state index is 0.0237. The van der Waals surface area contributed by atoms with E-state index in [-0.39, 0.29) is 5.78 Å². The highest BCUT2D eigenvalue weighted by molar-refractivity contribution is 6.04. The molecular formula is C12H14O2. The first-order valence-electron chi connectivity index (χ1n) is 4.67. The maximum Gasteiger partial charge on any atom is 0.185 e. The van der Waals surface area contributed by atoms with Crippen LogP contribution in [-0.2, 0) is 0 Å². The molecule has 0 aliphatic heterocycles. The lowest BCUT2D eigenvalue weighted by Gasteiger charge is -2.02. The van der Waals surface area contributed by atoms with Gasteiger partial charge in [-0.05, 0) is 44.2 Å². The van der Waals surface area contributed by atoms with Crippen LogP contribution >= 0.6 is 0 Å². The fraction of sp³-hybridized carbons (Fsp3) is 0.250. The number of ether oxygens (including phenoxy) is 1. The Balaban J connectivity index is 2.77. The smallest absolute Gasteiger partial charge is 0.185 e. The Hall–Kier alpha value is -1.57. The molecule has 1 rings (SSSR count). The minimum absolute atomic E-state index is 0.0237. The van der Waals surface area contributed by atoms with Crippen molar-refractivity contribution >= 4 is 5.78 Å². The van der Waals surface area contributed by atoms with Gasteiger partial charge >= 0.3 is 0 Å². The van der Waals surface area contributed by atoms with Gasteiger partial charge in [0.2, 0.25) is 0 Å². The summed E-state index contributed by atoms with van der Waals surface area (Å²) in [5.74, 6) is 0.820. The van der Waals surface area contributed by atoms with E-state index in [0.717, 1.165) is 5.75 Å². The Labute approximate surface area is 84.2 Å². The van der Waals surface area contributed by atoms with E-state index in [0.29, 0.717) is 12.2 Å². The van der Waals surface area contributed by atoms with Gasteiger partial charge in [-0.2, -0.15) is 0 Å². The van der Waals surface area contributed by atoms with Gasteiger partial charge in [0.05, 0.1) is 6.61 Å². The third kappa shape index (κ3) is 2.73. The number of rotatable bonds is 4. The molecule has 0 unspecified atom stereocenters. The number of benzene rings is 1. The molecule has 0 aliphatic carbocycles. The molecule has 0 saturated heterocycles. The molecule has 1 aromatic carbocycles. The van der Waals surface area contributed by atoms with E-state index in [1.165, 1.54) is 0 Å². The predicted octanol–water partition coefficient (Wildman–Crippen LogP) is 2.84. The van der Waals surface area contributed by atoms with E-state index < -0.39 is 0 Å². The van der Waals surface area contributed by atoms with Gasteiger partial charge in [-0.25, -0.2) is 0 Å². The van der Waals surface area contributed by atoms with Crippen molar-refractivity contribution in [3.63, 3.8) is 0 Å². The van der Waals surface area contributed by atoms with Crippen molar-refractivity contribution in [1.82, 2.24) is 0 Å². The van der Waals surface area contributed by atoms with Crippen molar-refractivity contribution in [3.05, 3.63) is 42.0 Å². The molecule has 1 aromatic rings. The topological polar surface area (TPSA) is 26.3 Å². The fourth-order valence-electron chi connectivity index (χ4n) is 1.13. The third-order valence-electron chi connectivity index (χ3n) is 1.77. The van der Waals surface area contributed by atoms with Gasteiger partial charge in [0, 0.05) is 5.56 Å². The third-order valence-corrected chi connectivity index (χ3v) is 1.77. The number of ketones is 1. The highest BCUT2D eigenvalue weighted by atomic mass is 16.5. The first-order chi connectivity index (χ1) is 6.77. The summed E-state index contributed by atoms with van der Waals surface area (Å²) in [5, 5.41) is 0. The Kier molecular flexibility index (Phi) is 3.92. The normalized spacial score (nSPS) is 10.4. The van der Waals surface area contributed by atoms with Crippen LogP contribution in [0.15, 0.2) is 36.4 Å². The second-order valence-corrected chi connectivity index (χ2v) is 2.82. The molecule has 0 bridgehead atoms. The lowest BCUT2D eigenvalue weighted by atomic mass is 10.1. The number of allylic oxidation sites excluding steroid dienone is 2. The van der Waals surface area contributed by atoms with Gasteiger partial charge in [0.25, 0.3) is 0 Å². The molecule has 74 valence electrons. The molecular weight excluding hydrogens is 176 g/mol. The molecule has 0 amide bonds. The molecule has 2 heteroatoms. The van der Waals surface area contributed by atoms with Crippen molar-refractivity contribution in [2.45, 2.75) is 13.8 Å². The van der Waals surface area contributed by atoms with Gasteiger partial charge < -0.3 is 4.74 Å². The molecule has 0 N–H and O–H groups in total. The summed E-state index contributed by atoms with van der Waals surface area (Å²) in [6.07, 6.45) is 3.29. The van der Waals surface area contributed by atoms with Gasteiger partial charge in [-0.15, -0.1) is 0 Å². The molecule has 0 radical (unpaired) electrons. The van der Waals surface area contributed by atoms with Crippen LogP contribution in [0.3, 0.4) is 0 Å². The molecule has 0 aromatic heterocycles. The van der Waals surface area contributed by atoms with Gasteiger partial charge in [-0.1, -0.05) is 6.08 Å². The Bertz CT molecular complexity index is 323. The van der Waals surface area contributed by atoms with Gasteiger partial charge in [0.15, 0.2) is 5.78 Å². The van der Waals surface area contributed by atoms with Gasteiger partial charge in [0.1, 0.15) is 5.75 Å². The van der Waals surface area contributed by atoms with E-state index in [2.05, 4.69) is 0 Å². The van der Waals surface area contributed by atoms with E-state index >= 15 is 0 Å². The SMILES string of the molecule is CC=CC(=O)c1ccc(OCC)cc1. The summed E-state index contributed by atoms with van der Waals surface area (Å²) in [7, 11) is 0. The van der Waals surface area contributed by atoms with Crippen molar-refractivity contribution in [2.75, 3.05) is 6.61 Å². The standard InChI is InChI=1S/C12H14O2/c1-3-5-12(13)10-6-8-11(9-7-10)14-4-2/h3,5-9H,4H2,1-2H3. The summed E-state index contributed by atoms with van der Waals surface area (Å²) < 4.78 is 5.27. The second kappa shape index (κ2) is 5.22. The number of hydrogen-bond acceptors (Lipinski definition) is 2. The maximum atomic E-state index is 11.4. The zero-order valence-electron chi connectivity index (χ0n) is 8.49. The number of carbonyl (C=O) groups is 1. The maximum absolute atomic E-state index is 11.4. The quantitative estimate of drug-likeness (QED) is 0.539. The fourth-order valence-corrected chi connectivity index (χ4v) is 1.13. The van der Waals surface area contributed by atoms with E-state index in [4.69, 9.17) is 4.74 Å². The molecule has 2 nitrogen and oxygen atoms in total. The van der Waals surface area contributed by atoms with Crippen LogP contribution in [0.2, 0.25) is 0 Å². The van der Waals surface area contributed by atoms with E-state index in [9.17, 15) is 4.79 Å². The van der Waals surface area contributed by atoms with Crippen molar-refractivity contribution in [3.8, 4) is 5.75 Å². The van der Waals surface area contributed by atoms with Crippen LogP contribution < -0.4 is 4.74 Å². The monoisotopic (exact) mass is 190 g/mol. The highest BCUT2D eigenvalue weighted by Crippen LogP contribution is 2.12. The highest BCUT2D eigenvalue weighted by Gasteiger charge is 2.00. The molecule has 14 heavy (non-hydrogen) atoms. The van der Waals surface area contributed by atoms with Crippen LogP contribution in [0.1, 0.15) is 24.2 Å². The lowest BCUT2D eigenvalue weighted by molar-refractivity contribution is 0.104. The summed E-state index contributed by atoms with van der Waals surface area (Å²) in [4.78, 5) is 11.4. The van der Waals surface area contributed by atoms with Crippen molar-refractivity contribution < 1.29 is 9.53 Å². The average molecular weight is 190 g/mol. The average Bonchev–Trinajstić information content (AvgIpc) is 2.20. The van der Waals surface area contributed by atoms with Gasteiger partial charge in [-0.3, -0.25) is 4.79 Å². The Morgan fingerprint density at radius 3 is 2.50 bits per heavy atom. The Morgan fingerprint density at radius 2 is 2.00 bits per heavy atom. The molecule has 0 atom stereocenters. The Morgan fingerprint density at radius 1 is 1.36 bits per heavy atom. The van der Waals surface area contributed by atoms with Crippen molar-refractivity contribution in [2.24, 2.45) is 0 Å². The number of hydrogen-bond donors (Lipinski definition) is 0. The zero-order valence-corrected chi connectivity index (χ0v) is 8.49. The van der Waals surface area contributed by atoms with Crippen LogP contribution in [0, 0.1) is 0 Å². The molecule has 0 spiro atoms. The van der Waals surface area contributed by atoms with Crippen LogP contribution in [0.4, 0.5) is 0 Å². The summed E-state index contributed by atoms with van der Waals surface area (Å²) in [6, 6.07) is 7.15. The van der Waals surface area contributed by atoms with Crippen LogP contribution in [0.25, 0.3) is 0 Å². The molecule has 0 heterocycles. The molecule has 0 saturated carbocycles. The molecule has 0 fully saturated rings. The summed E-state index contributed by atoms with van der Waals surface area (Å²) in [5.41, 5.74) is 0.687. The first kappa shape index (κ1) is 10.5. The lowest BCUT2D eigenvalue weighted by Crippen LogP contribution is -1.95. The first-order valence-corrected chi connectivity index (χ1v) is 4.67. The van der Waals surface area contributed by atoms with E-state index in [1.807, 2.05) is 13.8 Å².